The third kappa shape index (κ3) is 22.7. The quantitative estimate of drug-likeness (QED) is 0.0155. The van der Waals surface area contributed by atoms with Gasteiger partial charge >= 0.3 is 6.09 Å². The number of aliphatic hydroxyl groups excluding tert-OH is 1. The molecule has 8 atom stereocenters. The first-order chi connectivity index (χ1) is 46.2. The maximum absolute atomic E-state index is 15.0. The molecule has 0 aliphatic carbocycles. The highest BCUT2D eigenvalue weighted by molar-refractivity contribution is 5.99. The number of aromatic nitrogens is 1. The molecule has 0 spiro atoms. The third-order valence-electron chi connectivity index (χ3n) is 16.0. The van der Waals surface area contributed by atoms with Gasteiger partial charge in [-0.2, -0.15) is 0 Å². The van der Waals surface area contributed by atoms with Gasteiger partial charge in [0, 0.05) is 56.0 Å². The van der Waals surface area contributed by atoms with Gasteiger partial charge in [0.05, 0.1) is 19.8 Å². The van der Waals surface area contributed by atoms with Crippen LogP contribution in [0.25, 0.3) is 10.9 Å². The number of benzene rings is 5. The maximum atomic E-state index is 15.0. The van der Waals surface area contributed by atoms with E-state index in [0.717, 1.165) is 16.6 Å². The molecule has 6 aromatic rings. The van der Waals surface area contributed by atoms with Crippen molar-refractivity contribution < 1.29 is 62.8 Å². The maximum Gasteiger partial charge on any atom is 0.408 e. The average Bonchev–Trinajstić information content (AvgIpc) is 1.68. The fraction of sp³-hybridized carbons (Fsp3) is 0.400. The van der Waals surface area contributed by atoms with E-state index in [9.17, 15) is 48.6 Å². The lowest BCUT2D eigenvalue weighted by atomic mass is 9.99. The summed E-state index contributed by atoms with van der Waals surface area (Å²) in [6.07, 6.45) is 1.54. The number of phenolic OH excluding ortho intramolecular Hbond substituents is 1. The van der Waals surface area contributed by atoms with E-state index >= 15 is 4.79 Å². The average molecular weight is 1320 g/mol. The lowest BCUT2D eigenvalue weighted by Crippen LogP contribution is -2.61. The zero-order valence-corrected chi connectivity index (χ0v) is 54.5. The highest BCUT2D eigenvalue weighted by Crippen LogP contribution is 2.23. The molecule has 2 heterocycles. The van der Waals surface area contributed by atoms with Gasteiger partial charge in [-0.3, -0.25) is 43.3 Å². The number of likely N-dealkylation sites (N-methyl/N-ethyl adjacent to an activating group) is 1. The molecule has 1 fully saturated rings. The van der Waals surface area contributed by atoms with Crippen LogP contribution in [0.5, 0.6) is 5.75 Å². The number of phenols is 1. The summed E-state index contributed by atoms with van der Waals surface area (Å²) in [7, 11) is 0. The first kappa shape index (κ1) is 73.1. The Labute approximate surface area is 557 Å². The number of rotatable bonds is 35. The summed E-state index contributed by atoms with van der Waals surface area (Å²) >= 11 is 0. The van der Waals surface area contributed by atoms with Crippen LogP contribution in [-0.4, -0.2) is 161 Å². The van der Waals surface area contributed by atoms with Crippen LogP contribution in [0.3, 0.4) is 0 Å². The normalized spacial score (nSPS) is 14.9. The number of aromatic hydroxyl groups is 1. The van der Waals surface area contributed by atoms with Crippen molar-refractivity contribution in [2.24, 2.45) is 22.4 Å². The Morgan fingerprint density at radius 3 is 1.80 bits per heavy atom. The molecular weight excluding hydrogens is 1230 g/mol. The second-order valence-corrected chi connectivity index (χ2v) is 24.1. The topological polar surface area (TPSA) is 392 Å². The summed E-state index contributed by atoms with van der Waals surface area (Å²) in [6.45, 7) is 6.59. The Balaban J connectivity index is 1.13. The van der Waals surface area contributed by atoms with E-state index < -0.39 is 102 Å². The van der Waals surface area contributed by atoms with E-state index in [1.165, 1.54) is 29.2 Å². The summed E-state index contributed by atoms with van der Waals surface area (Å²) in [5.74, 6) is -6.58. The number of aliphatic imine (C=N–C) groups is 1. The number of nitrogens with two attached hydrogens (primary N) is 2. The minimum atomic E-state index is -1.78. The van der Waals surface area contributed by atoms with Crippen molar-refractivity contribution in [1.82, 2.24) is 52.4 Å². The number of ether oxygens (including phenoxy) is 2. The zero-order valence-electron chi connectivity index (χ0n) is 54.5. The zero-order chi connectivity index (χ0) is 69.1. The number of aliphatic hydroxyl groups is 1. The molecule has 26 heteroatoms. The molecule has 15 N–H and O–H groups in total. The van der Waals surface area contributed by atoms with Gasteiger partial charge in [-0.05, 0) is 97.9 Å². The third-order valence-corrected chi connectivity index (χ3v) is 16.0. The van der Waals surface area contributed by atoms with E-state index in [-0.39, 0.29) is 95.0 Å². The molecule has 0 unspecified atom stereocenters. The van der Waals surface area contributed by atoms with Crippen molar-refractivity contribution in [1.29, 1.82) is 0 Å². The molecular formula is C70H89N13O13. The van der Waals surface area contributed by atoms with Crippen molar-refractivity contribution in [2.75, 3.05) is 32.8 Å². The van der Waals surface area contributed by atoms with E-state index in [0.29, 0.717) is 47.0 Å². The first-order valence-corrected chi connectivity index (χ1v) is 32.2. The number of nitrogens with zero attached hydrogens (tertiary/aromatic N) is 2. The minimum absolute atomic E-state index is 0.0563. The second kappa shape index (κ2) is 36.9. The number of H-pyrrole nitrogens is 1. The number of para-hydroxylation sites is 1. The number of carbonyl (C=O) groups is 9. The molecule has 512 valence electrons. The van der Waals surface area contributed by atoms with Crippen molar-refractivity contribution in [2.45, 2.75) is 141 Å². The minimum Gasteiger partial charge on any atom is -0.508 e. The Morgan fingerprint density at radius 1 is 0.625 bits per heavy atom. The summed E-state index contributed by atoms with van der Waals surface area (Å²) in [5, 5.41) is 43.6. The van der Waals surface area contributed by atoms with Crippen molar-refractivity contribution in [3.63, 3.8) is 0 Å². The molecule has 0 saturated carbocycles. The predicted molar refractivity (Wildman–Crippen MR) is 360 cm³/mol. The van der Waals surface area contributed by atoms with E-state index in [2.05, 4.69) is 52.5 Å². The van der Waals surface area contributed by atoms with Crippen molar-refractivity contribution in [3.8, 4) is 5.75 Å². The van der Waals surface area contributed by atoms with Crippen LogP contribution < -0.4 is 54.0 Å². The molecule has 7 rings (SSSR count). The summed E-state index contributed by atoms with van der Waals surface area (Å²) in [5.41, 5.74) is 15.8. The summed E-state index contributed by atoms with van der Waals surface area (Å²) < 4.78 is 11.4. The van der Waals surface area contributed by atoms with Crippen LogP contribution >= 0.6 is 0 Å². The Bertz CT molecular complexity index is 3600. The summed E-state index contributed by atoms with van der Waals surface area (Å²) in [4.78, 5) is 138. The number of fused-ring (bicyclic) bond motifs is 1. The number of likely N-dealkylation sites (tertiary alicyclic amines) is 1. The number of carbonyl (C=O) groups excluding carboxylic acids is 9. The van der Waals surface area contributed by atoms with Crippen molar-refractivity contribution >= 4 is 70.2 Å². The van der Waals surface area contributed by atoms with E-state index in [1.807, 2.05) is 81.4 Å². The number of aryl methyl sites for hydroxylation is 1. The van der Waals surface area contributed by atoms with E-state index in [1.54, 1.807) is 61.7 Å². The number of alkyl carbamates (subject to hydrolysis) is 1. The molecule has 1 aromatic heterocycles. The molecule has 26 nitrogen and oxygen atoms in total. The van der Waals surface area contributed by atoms with E-state index in [4.69, 9.17) is 20.9 Å². The molecule has 9 amide bonds. The molecule has 96 heavy (non-hydrogen) atoms. The molecule has 1 aliphatic rings. The predicted octanol–water partition coefficient (Wildman–Crippen LogP) is 2.85. The van der Waals surface area contributed by atoms with Gasteiger partial charge in [-0.15, -0.1) is 0 Å². The smallest absolute Gasteiger partial charge is 0.408 e. The lowest BCUT2D eigenvalue weighted by Gasteiger charge is -2.30. The lowest BCUT2D eigenvalue weighted by molar-refractivity contribution is -0.142. The van der Waals surface area contributed by atoms with Crippen LogP contribution in [0.1, 0.15) is 86.3 Å². The first-order valence-electron chi connectivity index (χ1n) is 32.2. The number of aromatic amines is 1. The van der Waals surface area contributed by atoms with Gasteiger partial charge in [-0.25, -0.2) is 4.79 Å². The van der Waals surface area contributed by atoms with Gasteiger partial charge < -0.3 is 83.6 Å². The molecule has 0 bridgehead atoms. The van der Waals surface area contributed by atoms with Crippen molar-refractivity contribution in [3.05, 3.63) is 173 Å². The number of nitrogens with one attached hydrogen (secondary N) is 9. The second-order valence-electron chi connectivity index (χ2n) is 24.1. The van der Waals surface area contributed by atoms with Crippen LogP contribution in [-0.2, 0) is 80.3 Å². The number of guanidine groups is 1. The fourth-order valence-electron chi connectivity index (χ4n) is 11.1. The van der Waals surface area contributed by atoms with Gasteiger partial charge in [-0.1, -0.05) is 135 Å². The van der Waals surface area contributed by atoms with Gasteiger partial charge in [0.2, 0.25) is 47.3 Å². The summed E-state index contributed by atoms with van der Waals surface area (Å²) in [6, 6.07) is 27.3. The largest absolute Gasteiger partial charge is 0.508 e. The molecule has 5 aromatic carbocycles. The van der Waals surface area contributed by atoms with Gasteiger partial charge in [0.25, 0.3) is 0 Å². The van der Waals surface area contributed by atoms with Crippen LogP contribution in [0.4, 0.5) is 4.79 Å². The number of hydrogen-bond acceptors (Lipinski definition) is 14. The van der Waals surface area contributed by atoms with Crippen LogP contribution in [0, 0.1) is 12.8 Å². The highest BCUT2D eigenvalue weighted by atomic mass is 16.5. The fourth-order valence-corrected chi connectivity index (χ4v) is 11.1. The Hall–Kier alpha value is -10.3. The van der Waals surface area contributed by atoms with Crippen LogP contribution in [0.2, 0.25) is 0 Å². The molecule has 1 aliphatic heterocycles. The monoisotopic (exact) mass is 1320 g/mol. The van der Waals surface area contributed by atoms with Gasteiger partial charge in [0.15, 0.2) is 5.96 Å². The molecule has 1 saturated heterocycles. The number of amides is 9. The highest BCUT2D eigenvalue weighted by Gasteiger charge is 2.39. The number of hydrogen-bond donors (Lipinski definition) is 13. The molecule has 0 radical (unpaired) electrons. The van der Waals surface area contributed by atoms with Crippen LogP contribution in [0.15, 0.2) is 145 Å². The Morgan fingerprint density at radius 2 is 1.18 bits per heavy atom. The van der Waals surface area contributed by atoms with Gasteiger partial charge in [0.1, 0.15) is 60.7 Å². The SMILES string of the molecule is CCNC(=O)[C@@H]1CCCN1C(=O)[C@H](CCCN=C(N)N)NC(=O)[C@H](CC(C)C)NC(=O)[C@@H](Cc1cccc(C)c1)NC(=O)[C@H](Cc1ccc(O)cc1)NC(=O)[C@H](CO)NC(=O)[C@H](Cc1c[nH]c2ccccc12)NC(=O)[C@H](COCc1ccccc1)NC(=O)OCc1ccccc1. The standard InChI is InChI=1S/C70H89N13O13/c1-5-73-67(92)60-26-16-32-83(60)68(93)53(25-15-31-74-69(71)72)76-61(86)54(33-43(2)3)77-63(88)56(36-48-22-14-17-44(4)34-48)78-62(87)55(35-45-27-29-50(85)30-28-45)79-65(90)58(39-84)81-64(89)57(37-49-38-75-52-24-13-12-23-51(49)52)80-66(91)59(42-95-40-46-18-8-6-9-19-46)82-70(94)96-41-47-20-10-7-11-21-47/h6-14,17-24,27-30,34,38,43,53-60,75,84-85H,5,15-16,25-26,31-33,35-37,39-42H2,1-4H3,(H,73,92)(H,76,86)(H,77,88)(H,78,87)(H,79,90)(H,80,91)(H,81,89)(H,82,94)(H4,71,72,74)/t53-,54-,55-,56+,57-,58-,59-,60-/m0/s1. The Kier molecular flexibility index (Phi) is 28.1.